The topological polar surface area (TPSA) is 62.1 Å². The molecule has 7 heteroatoms. The van der Waals surface area contributed by atoms with Crippen LogP contribution >= 0.6 is 0 Å². The molecular weight excluding hydrogens is 246 g/mol. The minimum Gasteiger partial charge on any atom is -0.486 e. The lowest BCUT2D eigenvalue weighted by atomic mass is 10.1. The third-order valence-corrected chi connectivity index (χ3v) is 2.60. The average Bonchev–Trinajstić information content (AvgIpc) is 2.34. The van der Waals surface area contributed by atoms with Gasteiger partial charge in [-0.25, -0.2) is 4.39 Å². The number of hydrogen-bond donors (Lipinski definition) is 1. The van der Waals surface area contributed by atoms with E-state index >= 15 is 0 Å². The fourth-order valence-corrected chi connectivity index (χ4v) is 1.81. The first kappa shape index (κ1) is 12.3. The summed E-state index contributed by atoms with van der Waals surface area (Å²) in [5, 5.41) is 11.0. The molecule has 0 spiro atoms. The number of amides is 1. The molecule has 0 saturated carbocycles. The van der Waals surface area contributed by atoms with Crippen LogP contribution in [0, 0.1) is 11.6 Å². The Labute approximate surface area is 101 Å². The van der Waals surface area contributed by atoms with E-state index in [4.69, 9.17) is 9.94 Å². The Hall–Kier alpha value is -2.18. The lowest BCUT2D eigenvalue weighted by Crippen LogP contribution is -2.45. The summed E-state index contributed by atoms with van der Waals surface area (Å²) in [6.45, 7) is 1.70. The van der Waals surface area contributed by atoms with E-state index in [1.807, 2.05) is 0 Å². The van der Waals surface area contributed by atoms with Gasteiger partial charge in [-0.05, 0) is 19.1 Å². The molecule has 5 nitrogen and oxygen atoms in total. The van der Waals surface area contributed by atoms with Crippen LogP contribution in [0.5, 0.6) is 5.75 Å². The first-order valence-electron chi connectivity index (χ1n) is 5.17. The van der Waals surface area contributed by atoms with E-state index in [9.17, 15) is 13.6 Å². The van der Waals surface area contributed by atoms with Crippen LogP contribution < -0.4 is 9.64 Å². The molecule has 1 aliphatic heterocycles. The maximum atomic E-state index is 13.5. The average molecular weight is 256 g/mol. The molecule has 1 aliphatic rings. The van der Waals surface area contributed by atoms with Gasteiger partial charge in [-0.2, -0.15) is 4.39 Å². The number of fused-ring (bicyclic) bond motifs is 1. The van der Waals surface area contributed by atoms with Crippen molar-refractivity contribution < 1.29 is 23.5 Å². The molecule has 2 rings (SSSR count). The number of benzene rings is 1. The summed E-state index contributed by atoms with van der Waals surface area (Å²) in [6.07, 6.45) is 0.687. The maximum absolute atomic E-state index is 13.5. The van der Waals surface area contributed by atoms with E-state index in [2.05, 4.69) is 5.16 Å². The zero-order chi connectivity index (χ0) is 13.3. The van der Waals surface area contributed by atoms with Crippen LogP contribution in [0.1, 0.15) is 6.92 Å². The number of oxime groups is 1. The number of halogens is 2. The molecule has 0 aliphatic carbocycles. The summed E-state index contributed by atoms with van der Waals surface area (Å²) in [6, 6.07) is 1.77. The number of anilines is 1. The van der Waals surface area contributed by atoms with E-state index in [1.165, 1.54) is 11.0 Å². The molecule has 0 saturated heterocycles. The van der Waals surface area contributed by atoms with Crippen molar-refractivity contribution in [3.63, 3.8) is 0 Å². The van der Waals surface area contributed by atoms with Gasteiger partial charge in [0.15, 0.2) is 11.6 Å². The van der Waals surface area contributed by atoms with Gasteiger partial charge in [0.1, 0.15) is 12.8 Å². The summed E-state index contributed by atoms with van der Waals surface area (Å²) < 4.78 is 31.7. The highest BCUT2D eigenvalue weighted by Gasteiger charge is 2.31. The van der Waals surface area contributed by atoms with Gasteiger partial charge in [0.2, 0.25) is 5.82 Å². The second kappa shape index (κ2) is 4.59. The Morgan fingerprint density at radius 2 is 2.33 bits per heavy atom. The molecule has 0 radical (unpaired) electrons. The maximum Gasteiger partial charge on any atom is 0.273 e. The fraction of sp³-hybridized carbons (Fsp3) is 0.273. The van der Waals surface area contributed by atoms with E-state index in [0.717, 1.165) is 6.07 Å². The number of nitrogens with zero attached hydrogens (tertiary/aromatic N) is 2. The summed E-state index contributed by atoms with van der Waals surface area (Å²) in [4.78, 5) is 12.9. The highest BCUT2D eigenvalue weighted by molar-refractivity contribution is 6.33. The van der Waals surface area contributed by atoms with E-state index < -0.39 is 17.5 Å². The van der Waals surface area contributed by atoms with Crippen molar-refractivity contribution in [2.75, 3.05) is 11.5 Å². The van der Waals surface area contributed by atoms with Gasteiger partial charge in [-0.1, -0.05) is 5.16 Å². The van der Waals surface area contributed by atoms with Crippen molar-refractivity contribution in [2.24, 2.45) is 5.16 Å². The molecule has 0 aromatic heterocycles. The van der Waals surface area contributed by atoms with Gasteiger partial charge in [-0.3, -0.25) is 9.69 Å². The first-order valence-corrected chi connectivity index (χ1v) is 5.17. The molecule has 1 atom stereocenters. The predicted octanol–water partition coefficient (Wildman–Crippen LogP) is 1.54. The number of rotatable bonds is 1. The van der Waals surface area contributed by atoms with E-state index in [1.54, 1.807) is 6.92 Å². The minimum absolute atomic E-state index is 0.0262. The molecule has 0 fully saturated rings. The van der Waals surface area contributed by atoms with Gasteiger partial charge in [0.05, 0.1) is 11.7 Å². The van der Waals surface area contributed by atoms with Crippen LogP contribution in [0.25, 0.3) is 0 Å². The van der Waals surface area contributed by atoms with Crippen molar-refractivity contribution in [1.82, 2.24) is 0 Å². The van der Waals surface area contributed by atoms with Crippen molar-refractivity contribution in [1.29, 1.82) is 0 Å². The van der Waals surface area contributed by atoms with E-state index in [0.29, 0.717) is 6.21 Å². The summed E-state index contributed by atoms with van der Waals surface area (Å²) >= 11 is 0. The van der Waals surface area contributed by atoms with Gasteiger partial charge >= 0.3 is 0 Å². The second-order valence-electron chi connectivity index (χ2n) is 3.82. The quantitative estimate of drug-likeness (QED) is 0.471. The number of hydrogen-bond acceptors (Lipinski definition) is 4. The lowest BCUT2D eigenvalue weighted by molar-refractivity contribution is -0.113. The van der Waals surface area contributed by atoms with Crippen LogP contribution in [0.3, 0.4) is 0 Å². The summed E-state index contributed by atoms with van der Waals surface area (Å²) in [7, 11) is 0. The SMILES string of the molecule is CC1COc2c(ccc(F)c2F)N1C(=O)/C=N/O. The molecule has 1 amide bonds. The summed E-state index contributed by atoms with van der Waals surface area (Å²) in [5.74, 6) is -3.14. The second-order valence-corrected chi connectivity index (χ2v) is 3.82. The van der Waals surface area contributed by atoms with Crippen LogP contribution in [0.2, 0.25) is 0 Å². The monoisotopic (exact) mass is 256 g/mol. The Kier molecular flexibility index (Phi) is 3.14. The molecule has 96 valence electrons. The molecule has 0 bridgehead atoms. The molecular formula is C11H10F2N2O3. The van der Waals surface area contributed by atoms with Crippen molar-refractivity contribution in [3.05, 3.63) is 23.8 Å². The third kappa shape index (κ3) is 1.87. The molecule has 1 aromatic carbocycles. The van der Waals surface area contributed by atoms with Crippen LogP contribution in [-0.4, -0.2) is 30.0 Å². The highest BCUT2D eigenvalue weighted by Crippen LogP contribution is 2.37. The van der Waals surface area contributed by atoms with Crippen molar-refractivity contribution in [2.45, 2.75) is 13.0 Å². The van der Waals surface area contributed by atoms with Crippen molar-refractivity contribution >= 4 is 17.8 Å². The smallest absolute Gasteiger partial charge is 0.273 e. The molecule has 18 heavy (non-hydrogen) atoms. The Balaban J connectivity index is 2.51. The number of ether oxygens (including phenoxy) is 1. The highest BCUT2D eigenvalue weighted by atomic mass is 19.2. The van der Waals surface area contributed by atoms with Crippen LogP contribution in [0.15, 0.2) is 17.3 Å². The molecule has 1 N–H and O–H groups in total. The fourth-order valence-electron chi connectivity index (χ4n) is 1.81. The standard InChI is InChI=1S/C11H10F2N2O3/c1-6-5-18-11-8(3-2-7(12)10(11)13)15(6)9(16)4-14-17/h2-4,6,17H,5H2,1H3/b14-4+. The Bertz CT molecular complexity index is 519. The lowest BCUT2D eigenvalue weighted by Gasteiger charge is -2.34. The number of carbonyl (C=O) groups excluding carboxylic acids is 1. The van der Waals surface area contributed by atoms with Gasteiger partial charge in [-0.15, -0.1) is 0 Å². The first-order chi connectivity index (χ1) is 8.56. The van der Waals surface area contributed by atoms with Gasteiger partial charge < -0.3 is 9.94 Å². The van der Waals surface area contributed by atoms with Crippen molar-refractivity contribution in [3.8, 4) is 5.75 Å². The van der Waals surface area contributed by atoms with Crippen LogP contribution in [0.4, 0.5) is 14.5 Å². The minimum atomic E-state index is -1.14. The Morgan fingerprint density at radius 1 is 1.61 bits per heavy atom. The zero-order valence-corrected chi connectivity index (χ0v) is 9.43. The third-order valence-electron chi connectivity index (χ3n) is 2.60. The summed E-state index contributed by atoms with van der Waals surface area (Å²) in [5.41, 5.74) is 0.109. The number of carbonyl (C=O) groups is 1. The normalized spacial score (nSPS) is 18.6. The zero-order valence-electron chi connectivity index (χ0n) is 9.43. The van der Waals surface area contributed by atoms with Gasteiger partial charge in [0.25, 0.3) is 5.91 Å². The van der Waals surface area contributed by atoms with E-state index in [-0.39, 0.29) is 24.1 Å². The molecule has 1 heterocycles. The van der Waals surface area contributed by atoms with Crippen LogP contribution in [-0.2, 0) is 4.79 Å². The Morgan fingerprint density at radius 3 is 3.00 bits per heavy atom. The largest absolute Gasteiger partial charge is 0.486 e. The van der Waals surface area contributed by atoms with Gasteiger partial charge in [0, 0.05) is 0 Å². The molecule has 1 unspecified atom stereocenters. The molecule has 1 aromatic rings. The predicted molar refractivity (Wildman–Crippen MR) is 59.1 cm³/mol.